The van der Waals surface area contributed by atoms with Crippen LogP contribution in [0.3, 0.4) is 0 Å². The van der Waals surface area contributed by atoms with Crippen LogP contribution in [0.5, 0.6) is 0 Å². The molecule has 2 atom stereocenters. The third kappa shape index (κ3) is 3.50. The van der Waals surface area contributed by atoms with E-state index in [1.807, 2.05) is 30.3 Å². The highest BCUT2D eigenvalue weighted by molar-refractivity contribution is 7.99. The highest BCUT2D eigenvalue weighted by atomic mass is 32.2. The summed E-state index contributed by atoms with van der Waals surface area (Å²) in [4.78, 5) is 37.9. The number of ether oxygens (including phenoxy) is 1. The molecule has 0 aromatic heterocycles. The minimum Gasteiger partial charge on any atom is -0.445 e. The average molecular weight is 334 g/mol. The van der Waals surface area contributed by atoms with Crippen LogP contribution in [0.15, 0.2) is 30.3 Å². The summed E-state index contributed by atoms with van der Waals surface area (Å²) in [5, 5.41) is 2.66. The van der Waals surface area contributed by atoms with Gasteiger partial charge in [0, 0.05) is 12.3 Å². The van der Waals surface area contributed by atoms with Crippen molar-refractivity contribution in [3.05, 3.63) is 35.9 Å². The van der Waals surface area contributed by atoms with E-state index >= 15 is 0 Å². The molecule has 2 aliphatic rings. The first-order valence-electron chi connectivity index (χ1n) is 7.53. The maximum atomic E-state index is 12.5. The highest BCUT2D eigenvalue weighted by Gasteiger charge is 2.42. The Morgan fingerprint density at radius 3 is 2.78 bits per heavy atom. The quantitative estimate of drug-likeness (QED) is 0.843. The number of carbonyl (C=O) groups is 3. The van der Waals surface area contributed by atoms with Gasteiger partial charge in [-0.05, 0) is 12.0 Å². The lowest BCUT2D eigenvalue weighted by molar-refractivity contribution is -0.134. The molecule has 2 unspecified atom stereocenters. The first-order valence-corrected chi connectivity index (χ1v) is 8.69. The summed E-state index contributed by atoms with van der Waals surface area (Å²) in [5.74, 6) is -0.115. The molecule has 2 heterocycles. The Morgan fingerprint density at radius 2 is 2.09 bits per heavy atom. The largest absolute Gasteiger partial charge is 0.445 e. The maximum Gasteiger partial charge on any atom is 0.411 e. The van der Waals surface area contributed by atoms with Crippen LogP contribution in [0.1, 0.15) is 12.0 Å². The van der Waals surface area contributed by atoms with Gasteiger partial charge in [0.05, 0.1) is 5.88 Å². The van der Waals surface area contributed by atoms with Gasteiger partial charge in [0.15, 0.2) is 5.78 Å². The Kier molecular flexibility index (Phi) is 4.85. The molecule has 1 aromatic carbocycles. The molecule has 2 fully saturated rings. The van der Waals surface area contributed by atoms with Crippen molar-refractivity contribution in [3.8, 4) is 0 Å². The number of Topliss-reactive ketones (excluding diaryl/α,β-unsaturated/α-hetero) is 1. The molecule has 0 radical (unpaired) electrons. The van der Waals surface area contributed by atoms with E-state index in [0.717, 1.165) is 5.56 Å². The van der Waals surface area contributed by atoms with E-state index in [-0.39, 0.29) is 18.3 Å². The lowest BCUT2D eigenvalue weighted by atomic mass is 9.97. The minimum absolute atomic E-state index is 0.172. The van der Waals surface area contributed by atoms with Gasteiger partial charge in [-0.15, -0.1) is 11.8 Å². The number of rotatable bonds is 4. The zero-order valence-corrected chi connectivity index (χ0v) is 13.4. The summed E-state index contributed by atoms with van der Waals surface area (Å²) < 4.78 is 5.30. The molecule has 2 amide bonds. The lowest BCUT2D eigenvalue weighted by Gasteiger charge is -2.23. The standard InChI is InChI=1S/C16H18N2O4S/c19-14(12-6-7-17-15(12)20)13-9-23-10-18(13)16(21)22-8-11-4-2-1-3-5-11/h1-5,12-13H,6-10H2,(H,17,20). The van der Waals surface area contributed by atoms with Crippen molar-refractivity contribution in [1.82, 2.24) is 10.2 Å². The van der Waals surface area contributed by atoms with E-state index in [0.29, 0.717) is 24.6 Å². The number of hydrogen-bond acceptors (Lipinski definition) is 5. The number of nitrogens with zero attached hydrogens (tertiary/aromatic N) is 1. The molecule has 23 heavy (non-hydrogen) atoms. The Morgan fingerprint density at radius 1 is 1.30 bits per heavy atom. The second-order valence-corrected chi connectivity index (χ2v) is 6.56. The van der Waals surface area contributed by atoms with Crippen LogP contribution in [-0.2, 0) is 20.9 Å². The Bertz CT molecular complexity index is 607. The summed E-state index contributed by atoms with van der Waals surface area (Å²) in [6.07, 6.45) is 0.00162. The fourth-order valence-electron chi connectivity index (χ4n) is 2.76. The second-order valence-electron chi connectivity index (χ2n) is 5.56. The van der Waals surface area contributed by atoms with E-state index < -0.39 is 18.1 Å². The van der Waals surface area contributed by atoms with E-state index in [1.165, 1.54) is 16.7 Å². The molecular formula is C16H18N2O4S. The normalized spacial score (nSPS) is 23.7. The van der Waals surface area contributed by atoms with Gasteiger partial charge < -0.3 is 10.1 Å². The third-order valence-corrected chi connectivity index (χ3v) is 5.05. The van der Waals surface area contributed by atoms with Gasteiger partial charge in [-0.25, -0.2) is 4.79 Å². The van der Waals surface area contributed by atoms with Crippen molar-refractivity contribution in [1.29, 1.82) is 0 Å². The van der Waals surface area contributed by atoms with E-state index in [1.54, 1.807) is 0 Å². The molecule has 0 spiro atoms. The number of benzene rings is 1. The second kappa shape index (κ2) is 7.04. The number of carbonyl (C=O) groups excluding carboxylic acids is 3. The minimum atomic E-state index is -0.636. The molecule has 0 saturated carbocycles. The molecule has 6 nitrogen and oxygen atoms in total. The van der Waals surface area contributed by atoms with Gasteiger partial charge in [0.1, 0.15) is 18.6 Å². The number of nitrogens with one attached hydrogen (secondary N) is 1. The Balaban J connectivity index is 1.60. The van der Waals surface area contributed by atoms with Gasteiger partial charge in [-0.2, -0.15) is 0 Å². The zero-order chi connectivity index (χ0) is 16.2. The first-order chi connectivity index (χ1) is 11.2. The average Bonchev–Trinajstić information content (AvgIpc) is 3.22. The van der Waals surface area contributed by atoms with Gasteiger partial charge in [0.25, 0.3) is 0 Å². The summed E-state index contributed by atoms with van der Waals surface area (Å²) in [7, 11) is 0. The van der Waals surface area contributed by atoms with Crippen molar-refractivity contribution in [2.24, 2.45) is 5.92 Å². The lowest BCUT2D eigenvalue weighted by Crippen LogP contribution is -2.45. The summed E-state index contributed by atoms with van der Waals surface area (Å²) >= 11 is 1.50. The topological polar surface area (TPSA) is 75.7 Å². The van der Waals surface area contributed by atoms with Crippen LogP contribution in [-0.4, -0.2) is 46.9 Å². The van der Waals surface area contributed by atoms with Gasteiger partial charge in [-0.3, -0.25) is 14.5 Å². The smallest absolute Gasteiger partial charge is 0.411 e. The van der Waals surface area contributed by atoms with Gasteiger partial charge >= 0.3 is 6.09 Å². The molecule has 2 aliphatic heterocycles. The molecule has 0 bridgehead atoms. The van der Waals surface area contributed by atoms with Crippen LogP contribution >= 0.6 is 11.8 Å². The summed E-state index contributed by atoms with van der Waals surface area (Å²) in [6, 6.07) is 8.82. The van der Waals surface area contributed by atoms with Crippen molar-refractivity contribution < 1.29 is 19.1 Å². The van der Waals surface area contributed by atoms with Crippen molar-refractivity contribution in [2.45, 2.75) is 19.1 Å². The molecule has 1 aromatic rings. The molecular weight excluding hydrogens is 316 g/mol. The van der Waals surface area contributed by atoms with Crippen LogP contribution in [0.25, 0.3) is 0 Å². The predicted octanol–water partition coefficient (Wildman–Crippen LogP) is 1.40. The number of ketones is 1. The number of amides is 2. The first kappa shape index (κ1) is 15.9. The summed E-state index contributed by atoms with van der Waals surface area (Å²) in [5.41, 5.74) is 0.894. The Labute approximate surface area is 138 Å². The Hall–Kier alpha value is -2.02. The molecule has 122 valence electrons. The van der Waals surface area contributed by atoms with Crippen molar-refractivity contribution >= 4 is 29.5 Å². The zero-order valence-electron chi connectivity index (χ0n) is 12.6. The van der Waals surface area contributed by atoms with Gasteiger partial charge in [-0.1, -0.05) is 30.3 Å². The molecule has 2 saturated heterocycles. The van der Waals surface area contributed by atoms with Crippen molar-refractivity contribution in [3.63, 3.8) is 0 Å². The van der Waals surface area contributed by atoms with Crippen molar-refractivity contribution in [2.75, 3.05) is 18.2 Å². The molecule has 0 aliphatic carbocycles. The number of hydrogen-bond donors (Lipinski definition) is 1. The number of thioether (sulfide) groups is 1. The van der Waals surface area contributed by atoms with E-state index in [9.17, 15) is 14.4 Å². The molecule has 1 N–H and O–H groups in total. The fraction of sp³-hybridized carbons (Fsp3) is 0.438. The molecule has 3 rings (SSSR count). The van der Waals surface area contributed by atoms with Crippen LogP contribution < -0.4 is 5.32 Å². The summed E-state index contributed by atoms with van der Waals surface area (Å²) in [6.45, 7) is 0.694. The van der Waals surface area contributed by atoms with Crippen LogP contribution in [0.4, 0.5) is 4.79 Å². The van der Waals surface area contributed by atoms with E-state index in [2.05, 4.69) is 5.32 Å². The predicted molar refractivity (Wildman–Crippen MR) is 85.7 cm³/mol. The fourth-order valence-corrected chi connectivity index (χ4v) is 3.91. The van der Waals surface area contributed by atoms with Crippen LogP contribution in [0.2, 0.25) is 0 Å². The molecule has 7 heteroatoms. The SMILES string of the molecule is O=C1NCCC1C(=O)C1CSCN1C(=O)OCc1ccccc1. The highest BCUT2D eigenvalue weighted by Crippen LogP contribution is 2.26. The van der Waals surface area contributed by atoms with Gasteiger partial charge in [0.2, 0.25) is 5.91 Å². The maximum absolute atomic E-state index is 12.5. The third-order valence-electron chi connectivity index (χ3n) is 4.04. The van der Waals surface area contributed by atoms with Crippen LogP contribution in [0, 0.1) is 5.92 Å². The van der Waals surface area contributed by atoms with E-state index in [4.69, 9.17) is 4.74 Å². The monoisotopic (exact) mass is 334 g/mol.